The van der Waals surface area contributed by atoms with Gasteiger partial charge in [-0.05, 0) is 24.3 Å². The average molecular weight is 234 g/mol. The van der Waals surface area contributed by atoms with Crippen LogP contribution in [0.4, 0.5) is 5.69 Å². The topological polar surface area (TPSA) is 81.4 Å². The third-order valence-electron chi connectivity index (χ3n) is 2.61. The van der Waals surface area contributed by atoms with Crippen LogP contribution in [0, 0.1) is 5.92 Å². The van der Waals surface area contributed by atoms with E-state index in [2.05, 4.69) is 5.32 Å². The summed E-state index contributed by atoms with van der Waals surface area (Å²) in [4.78, 5) is 23.1. The predicted octanol–water partition coefficient (Wildman–Crippen LogP) is 0.562. The van der Waals surface area contributed by atoms with Gasteiger partial charge in [0.15, 0.2) is 0 Å². The second kappa shape index (κ2) is 4.97. The number of carbonyl (C=O) groups excluding carboxylic acids is 2. The molecule has 5 heteroatoms. The van der Waals surface area contributed by atoms with Crippen molar-refractivity contribution in [1.82, 2.24) is 5.32 Å². The highest BCUT2D eigenvalue weighted by Gasteiger charge is 2.22. The number of hydrogen-bond donors (Lipinski definition) is 2. The summed E-state index contributed by atoms with van der Waals surface area (Å²) in [7, 11) is 0. The van der Waals surface area contributed by atoms with Crippen LogP contribution in [0.5, 0.6) is 0 Å². The van der Waals surface area contributed by atoms with Gasteiger partial charge in [0.25, 0.3) is 5.91 Å². The number of nitrogens with two attached hydrogens (primary N) is 1. The summed E-state index contributed by atoms with van der Waals surface area (Å²) in [6.07, 6.45) is 0.334. The SMILES string of the molecule is Nc1ccc(C(=O)NC(=O)CC2COC2)cc1. The Morgan fingerprint density at radius 3 is 2.47 bits per heavy atom. The Balaban J connectivity index is 1.87. The summed E-state index contributed by atoms with van der Waals surface area (Å²) in [5, 5.41) is 2.34. The molecule has 0 radical (unpaired) electrons. The van der Waals surface area contributed by atoms with Crippen LogP contribution < -0.4 is 11.1 Å². The summed E-state index contributed by atoms with van der Waals surface area (Å²) in [5.74, 6) is -0.412. The molecule has 2 rings (SSSR count). The first-order valence-electron chi connectivity index (χ1n) is 5.42. The van der Waals surface area contributed by atoms with E-state index in [1.165, 1.54) is 0 Å². The van der Waals surface area contributed by atoms with Gasteiger partial charge in [-0.1, -0.05) is 0 Å². The van der Waals surface area contributed by atoms with Gasteiger partial charge in [0.1, 0.15) is 0 Å². The van der Waals surface area contributed by atoms with Gasteiger partial charge in [-0.25, -0.2) is 0 Å². The van der Waals surface area contributed by atoms with Gasteiger partial charge in [-0.3, -0.25) is 14.9 Å². The summed E-state index contributed by atoms with van der Waals surface area (Å²) < 4.78 is 4.96. The second-order valence-corrected chi connectivity index (χ2v) is 4.11. The van der Waals surface area contributed by atoms with E-state index < -0.39 is 5.91 Å². The number of carbonyl (C=O) groups is 2. The van der Waals surface area contributed by atoms with Crippen LogP contribution in [-0.2, 0) is 9.53 Å². The van der Waals surface area contributed by atoms with Crippen molar-refractivity contribution in [3.8, 4) is 0 Å². The number of rotatable bonds is 3. The first-order chi connectivity index (χ1) is 8.15. The Morgan fingerprint density at radius 1 is 1.29 bits per heavy atom. The molecule has 3 N–H and O–H groups in total. The number of hydrogen-bond acceptors (Lipinski definition) is 4. The first-order valence-corrected chi connectivity index (χ1v) is 5.42. The summed E-state index contributed by atoms with van der Waals surface area (Å²) >= 11 is 0. The zero-order valence-electron chi connectivity index (χ0n) is 9.31. The predicted molar refractivity (Wildman–Crippen MR) is 62.3 cm³/mol. The van der Waals surface area contributed by atoms with Crippen molar-refractivity contribution in [2.24, 2.45) is 5.92 Å². The van der Waals surface area contributed by atoms with Crippen LogP contribution in [-0.4, -0.2) is 25.0 Å². The normalized spacial score (nSPS) is 15.1. The van der Waals surface area contributed by atoms with Crippen molar-refractivity contribution in [1.29, 1.82) is 0 Å². The highest BCUT2D eigenvalue weighted by atomic mass is 16.5. The molecule has 90 valence electrons. The van der Waals surface area contributed by atoms with E-state index in [9.17, 15) is 9.59 Å². The van der Waals surface area contributed by atoms with E-state index in [4.69, 9.17) is 10.5 Å². The lowest BCUT2D eigenvalue weighted by Crippen LogP contribution is -2.37. The zero-order valence-corrected chi connectivity index (χ0v) is 9.31. The number of anilines is 1. The van der Waals surface area contributed by atoms with Gasteiger partial charge in [-0.2, -0.15) is 0 Å². The molecular formula is C12H14N2O3. The number of amides is 2. The maximum atomic E-state index is 11.7. The molecule has 0 bridgehead atoms. The molecule has 17 heavy (non-hydrogen) atoms. The van der Waals surface area contributed by atoms with Gasteiger partial charge in [0.05, 0.1) is 13.2 Å². The molecule has 1 aromatic carbocycles. The number of nitrogen functional groups attached to an aromatic ring is 1. The third kappa shape index (κ3) is 3.04. The molecule has 0 atom stereocenters. The summed E-state index contributed by atoms with van der Waals surface area (Å²) in [5.41, 5.74) is 6.52. The lowest BCUT2D eigenvalue weighted by atomic mass is 10.0. The minimum absolute atomic E-state index is 0.245. The van der Waals surface area contributed by atoms with E-state index in [1.807, 2.05) is 0 Å². The highest BCUT2D eigenvalue weighted by molar-refractivity contribution is 6.04. The van der Waals surface area contributed by atoms with Gasteiger partial charge < -0.3 is 10.5 Å². The molecule has 0 spiro atoms. The van der Waals surface area contributed by atoms with E-state index in [-0.39, 0.29) is 11.8 Å². The maximum absolute atomic E-state index is 11.7. The van der Waals surface area contributed by atoms with Crippen molar-refractivity contribution >= 4 is 17.5 Å². The molecule has 1 aromatic rings. The van der Waals surface area contributed by atoms with Crippen LogP contribution in [0.1, 0.15) is 16.8 Å². The fourth-order valence-electron chi connectivity index (χ4n) is 1.55. The minimum atomic E-state index is -0.393. The average Bonchev–Trinajstić information content (AvgIpc) is 2.24. The Bertz CT molecular complexity index is 424. The van der Waals surface area contributed by atoms with Crippen molar-refractivity contribution in [3.63, 3.8) is 0 Å². The highest BCUT2D eigenvalue weighted by Crippen LogP contribution is 2.14. The van der Waals surface area contributed by atoms with Crippen molar-refractivity contribution in [3.05, 3.63) is 29.8 Å². The van der Waals surface area contributed by atoms with Gasteiger partial charge in [0, 0.05) is 23.6 Å². The van der Waals surface area contributed by atoms with E-state index >= 15 is 0 Å². The van der Waals surface area contributed by atoms with Gasteiger partial charge in [0.2, 0.25) is 5.91 Å². The van der Waals surface area contributed by atoms with Crippen LogP contribution in [0.3, 0.4) is 0 Å². The molecule has 1 aliphatic rings. The van der Waals surface area contributed by atoms with Gasteiger partial charge in [-0.15, -0.1) is 0 Å². The van der Waals surface area contributed by atoms with Crippen LogP contribution in [0.2, 0.25) is 0 Å². The number of nitrogens with one attached hydrogen (secondary N) is 1. The zero-order chi connectivity index (χ0) is 12.3. The standard InChI is InChI=1S/C12H14N2O3/c13-10-3-1-9(2-4-10)12(16)14-11(15)5-8-6-17-7-8/h1-4,8H,5-7,13H2,(H,14,15,16). The van der Waals surface area contributed by atoms with Crippen LogP contribution >= 0.6 is 0 Å². The largest absolute Gasteiger partial charge is 0.399 e. The smallest absolute Gasteiger partial charge is 0.257 e. The fourth-order valence-corrected chi connectivity index (χ4v) is 1.55. The number of imide groups is 1. The van der Waals surface area contributed by atoms with E-state index in [0.29, 0.717) is 30.9 Å². The maximum Gasteiger partial charge on any atom is 0.257 e. The molecule has 0 aliphatic carbocycles. The monoisotopic (exact) mass is 234 g/mol. The molecule has 1 fully saturated rings. The minimum Gasteiger partial charge on any atom is -0.399 e. The molecule has 1 aliphatic heterocycles. The van der Waals surface area contributed by atoms with Crippen molar-refractivity contribution < 1.29 is 14.3 Å². The fraction of sp³-hybridized carbons (Fsp3) is 0.333. The summed E-state index contributed by atoms with van der Waals surface area (Å²) in [6, 6.07) is 6.42. The Kier molecular flexibility index (Phi) is 3.39. The molecule has 2 amide bonds. The molecule has 0 aromatic heterocycles. The Labute approximate surface area is 98.9 Å². The first kappa shape index (κ1) is 11.6. The Morgan fingerprint density at radius 2 is 1.94 bits per heavy atom. The van der Waals surface area contributed by atoms with Crippen LogP contribution in [0.25, 0.3) is 0 Å². The molecule has 5 nitrogen and oxygen atoms in total. The number of ether oxygens (including phenoxy) is 1. The van der Waals surface area contributed by atoms with Crippen molar-refractivity contribution in [2.45, 2.75) is 6.42 Å². The molecule has 0 saturated carbocycles. The molecule has 1 saturated heterocycles. The van der Waals surface area contributed by atoms with E-state index in [1.54, 1.807) is 24.3 Å². The quantitative estimate of drug-likeness (QED) is 0.749. The lowest BCUT2D eigenvalue weighted by molar-refractivity contribution is -0.125. The van der Waals surface area contributed by atoms with Gasteiger partial charge >= 0.3 is 0 Å². The summed E-state index contributed by atoms with van der Waals surface area (Å²) in [6.45, 7) is 1.20. The van der Waals surface area contributed by atoms with Crippen molar-refractivity contribution in [2.75, 3.05) is 18.9 Å². The van der Waals surface area contributed by atoms with Crippen LogP contribution in [0.15, 0.2) is 24.3 Å². The second-order valence-electron chi connectivity index (χ2n) is 4.11. The van der Waals surface area contributed by atoms with E-state index in [0.717, 1.165) is 0 Å². The lowest BCUT2D eigenvalue weighted by Gasteiger charge is -2.24. The molecule has 0 unspecified atom stereocenters. The Hall–Kier alpha value is -1.88. The molecule has 1 heterocycles. The third-order valence-corrected chi connectivity index (χ3v) is 2.61. The molecular weight excluding hydrogens is 220 g/mol. The number of benzene rings is 1.